The maximum atomic E-state index is 12.5. The average molecular weight is 414 g/mol. The summed E-state index contributed by atoms with van der Waals surface area (Å²) in [6.07, 6.45) is 1.47. The zero-order valence-corrected chi connectivity index (χ0v) is 17.2. The lowest BCUT2D eigenvalue weighted by atomic mass is 10.2. The van der Waals surface area contributed by atoms with Crippen LogP contribution in [-0.4, -0.2) is 42.3 Å². The normalized spacial score (nSPS) is 11.7. The van der Waals surface area contributed by atoms with Crippen molar-refractivity contribution in [1.29, 1.82) is 0 Å². The van der Waals surface area contributed by atoms with Gasteiger partial charge in [0.15, 0.2) is 0 Å². The summed E-state index contributed by atoms with van der Waals surface area (Å²) in [5.74, 6) is -0.331. The second-order valence-corrected chi connectivity index (χ2v) is 8.95. The number of aromatic nitrogens is 2. The third-order valence-electron chi connectivity index (χ3n) is 4.54. The fourth-order valence-corrected chi connectivity index (χ4v) is 4.01. The summed E-state index contributed by atoms with van der Waals surface area (Å²) in [5, 5.41) is 3.18. The minimum absolute atomic E-state index is 0.0452. The van der Waals surface area contributed by atoms with Gasteiger partial charge >= 0.3 is 0 Å². The summed E-state index contributed by atoms with van der Waals surface area (Å²) in [6, 6.07) is 11.7. The predicted octanol–water partition coefficient (Wildman–Crippen LogP) is 1.98. The van der Waals surface area contributed by atoms with E-state index in [1.165, 1.54) is 31.1 Å². The number of carbonyl (C=O) groups excluding carboxylic acids is 1. The zero-order valence-electron chi connectivity index (χ0n) is 16.4. The van der Waals surface area contributed by atoms with E-state index in [-0.39, 0.29) is 29.3 Å². The van der Waals surface area contributed by atoms with Crippen LogP contribution in [0, 0.1) is 6.92 Å². The van der Waals surface area contributed by atoms with Gasteiger partial charge in [0.2, 0.25) is 15.9 Å². The van der Waals surface area contributed by atoms with Crippen molar-refractivity contribution in [3.05, 3.63) is 64.7 Å². The van der Waals surface area contributed by atoms with Gasteiger partial charge in [0.05, 0.1) is 22.1 Å². The molecule has 0 spiro atoms. The number of anilines is 1. The van der Waals surface area contributed by atoms with E-state index in [1.54, 1.807) is 43.3 Å². The van der Waals surface area contributed by atoms with E-state index >= 15 is 0 Å². The Balaban J connectivity index is 1.74. The third kappa shape index (κ3) is 4.36. The number of nitrogens with zero attached hydrogens (tertiary/aromatic N) is 3. The quantitative estimate of drug-likeness (QED) is 0.665. The molecule has 2 aromatic carbocycles. The van der Waals surface area contributed by atoms with E-state index in [1.807, 2.05) is 0 Å². The lowest BCUT2D eigenvalue weighted by Gasteiger charge is -2.15. The summed E-state index contributed by atoms with van der Waals surface area (Å²) < 4.78 is 27.3. The number of hydrogen-bond acceptors (Lipinski definition) is 5. The van der Waals surface area contributed by atoms with Gasteiger partial charge in [-0.05, 0) is 36.8 Å². The van der Waals surface area contributed by atoms with Gasteiger partial charge in [-0.3, -0.25) is 14.2 Å². The van der Waals surface area contributed by atoms with Crippen LogP contribution in [-0.2, 0) is 21.4 Å². The minimum Gasteiger partial charge on any atom is -0.326 e. The van der Waals surface area contributed by atoms with Crippen molar-refractivity contribution in [3.63, 3.8) is 0 Å². The highest BCUT2D eigenvalue weighted by molar-refractivity contribution is 7.89. The molecular weight excluding hydrogens is 392 g/mol. The highest BCUT2D eigenvalue weighted by atomic mass is 32.2. The first-order valence-corrected chi connectivity index (χ1v) is 10.4. The van der Waals surface area contributed by atoms with Gasteiger partial charge in [0.25, 0.3) is 5.56 Å². The largest absolute Gasteiger partial charge is 0.326 e. The molecule has 0 aliphatic heterocycles. The molecule has 29 heavy (non-hydrogen) atoms. The Morgan fingerprint density at radius 1 is 1.17 bits per heavy atom. The van der Waals surface area contributed by atoms with Crippen LogP contribution >= 0.6 is 0 Å². The number of rotatable bonds is 6. The Kier molecular flexibility index (Phi) is 5.81. The molecule has 3 aromatic rings. The highest BCUT2D eigenvalue weighted by Crippen LogP contribution is 2.22. The van der Waals surface area contributed by atoms with Crippen molar-refractivity contribution >= 4 is 32.5 Å². The van der Waals surface area contributed by atoms with Crippen LogP contribution in [0.15, 0.2) is 58.5 Å². The maximum absolute atomic E-state index is 12.5. The molecule has 0 atom stereocenters. The van der Waals surface area contributed by atoms with E-state index in [0.29, 0.717) is 22.2 Å². The fraction of sp³-hybridized carbons (Fsp3) is 0.250. The SMILES string of the molecule is Cc1ccc(NC(=O)CCn2cnc3ccccc3c2=O)cc1S(=O)(=O)N(C)C. The number of benzene rings is 2. The maximum Gasteiger partial charge on any atom is 0.261 e. The number of sulfonamides is 1. The van der Waals surface area contributed by atoms with E-state index < -0.39 is 10.0 Å². The van der Waals surface area contributed by atoms with Crippen LogP contribution < -0.4 is 10.9 Å². The number of nitrogens with one attached hydrogen (secondary N) is 1. The molecule has 8 nitrogen and oxygen atoms in total. The summed E-state index contributed by atoms with van der Waals surface area (Å²) in [4.78, 5) is 29.2. The first-order chi connectivity index (χ1) is 13.7. The molecule has 0 saturated heterocycles. The zero-order chi connectivity index (χ0) is 21.2. The lowest BCUT2D eigenvalue weighted by Crippen LogP contribution is -2.24. The fourth-order valence-electron chi connectivity index (χ4n) is 2.86. The molecule has 9 heteroatoms. The van der Waals surface area contributed by atoms with Crippen molar-refractivity contribution in [1.82, 2.24) is 13.9 Å². The Morgan fingerprint density at radius 3 is 2.62 bits per heavy atom. The summed E-state index contributed by atoms with van der Waals surface area (Å²) >= 11 is 0. The smallest absolute Gasteiger partial charge is 0.261 e. The molecular formula is C20H22N4O4S. The number of amides is 1. The third-order valence-corrected chi connectivity index (χ3v) is 6.50. The Bertz CT molecular complexity index is 1230. The topological polar surface area (TPSA) is 101 Å². The Labute approximate surface area is 168 Å². The molecule has 0 aliphatic rings. The van der Waals surface area contributed by atoms with Crippen molar-refractivity contribution in [2.24, 2.45) is 0 Å². The van der Waals surface area contributed by atoms with Gasteiger partial charge in [-0.1, -0.05) is 18.2 Å². The Hall–Kier alpha value is -3.04. The van der Waals surface area contributed by atoms with E-state index in [9.17, 15) is 18.0 Å². The summed E-state index contributed by atoms with van der Waals surface area (Å²) in [6.45, 7) is 1.86. The molecule has 0 aliphatic carbocycles. The molecule has 1 amide bonds. The standard InChI is InChI=1S/C20H22N4O4S/c1-14-8-9-15(12-18(14)29(27,28)23(2)3)22-19(25)10-11-24-13-21-17-7-5-4-6-16(17)20(24)26/h4-9,12-13H,10-11H2,1-3H3,(H,22,25). The monoisotopic (exact) mass is 414 g/mol. The molecule has 1 aromatic heterocycles. The van der Waals surface area contributed by atoms with Crippen LogP contribution in [0.3, 0.4) is 0 Å². The molecule has 152 valence electrons. The minimum atomic E-state index is -3.62. The molecule has 0 bridgehead atoms. The molecule has 3 rings (SSSR count). The van der Waals surface area contributed by atoms with Gasteiger partial charge in [-0.2, -0.15) is 0 Å². The number of aryl methyl sites for hydroxylation is 2. The molecule has 1 heterocycles. The highest BCUT2D eigenvalue weighted by Gasteiger charge is 2.20. The summed E-state index contributed by atoms with van der Waals surface area (Å²) in [7, 11) is -0.712. The van der Waals surface area contributed by atoms with Gasteiger partial charge in [-0.25, -0.2) is 17.7 Å². The van der Waals surface area contributed by atoms with Gasteiger partial charge in [-0.15, -0.1) is 0 Å². The summed E-state index contributed by atoms with van der Waals surface area (Å²) in [5.41, 5.74) is 1.36. The van der Waals surface area contributed by atoms with E-state index in [2.05, 4.69) is 10.3 Å². The van der Waals surface area contributed by atoms with E-state index in [0.717, 1.165) is 4.31 Å². The number of carbonyl (C=O) groups is 1. The molecule has 0 fully saturated rings. The molecule has 0 radical (unpaired) electrons. The van der Waals surface area contributed by atoms with Crippen molar-refractivity contribution in [2.45, 2.75) is 24.8 Å². The van der Waals surface area contributed by atoms with Crippen molar-refractivity contribution in [3.8, 4) is 0 Å². The second-order valence-electron chi connectivity index (χ2n) is 6.83. The van der Waals surface area contributed by atoms with Gasteiger partial charge < -0.3 is 5.32 Å². The molecule has 0 saturated carbocycles. The Morgan fingerprint density at radius 2 is 1.90 bits per heavy atom. The van der Waals surface area contributed by atoms with Crippen molar-refractivity contribution < 1.29 is 13.2 Å². The van der Waals surface area contributed by atoms with Crippen LogP contribution in [0.1, 0.15) is 12.0 Å². The second kappa shape index (κ2) is 8.14. The first-order valence-electron chi connectivity index (χ1n) is 8.97. The van der Waals surface area contributed by atoms with Crippen LogP contribution in [0.2, 0.25) is 0 Å². The molecule has 0 unspecified atom stereocenters. The van der Waals surface area contributed by atoms with Gasteiger partial charge in [0, 0.05) is 32.7 Å². The average Bonchev–Trinajstić information content (AvgIpc) is 2.69. The van der Waals surface area contributed by atoms with Crippen LogP contribution in [0.25, 0.3) is 10.9 Å². The molecule has 1 N–H and O–H groups in total. The van der Waals surface area contributed by atoms with Crippen LogP contribution in [0.5, 0.6) is 0 Å². The predicted molar refractivity (Wildman–Crippen MR) is 111 cm³/mol. The number of hydrogen-bond donors (Lipinski definition) is 1. The number of fused-ring (bicyclic) bond motifs is 1. The van der Waals surface area contributed by atoms with Crippen molar-refractivity contribution in [2.75, 3.05) is 19.4 Å². The van der Waals surface area contributed by atoms with Gasteiger partial charge in [0.1, 0.15) is 0 Å². The first kappa shape index (κ1) is 20.7. The lowest BCUT2D eigenvalue weighted by molar-refractivity contribution is -0.116. The van der Waals surface area contributed by atoms with Crippen LogP contribution in [0.4, 0.5) is 5.69 Å². The van der Waals surface area contributed by atoms with E-state index in [4.69, 9.17) is 0 Å². The number of para-hydroxylation sites is 1.